The van der Waals surface area contributed by atoms with E-state index in [4.69, 9.17) is 5.73 Å². The molecular formula is C15H11BrN6O3. The van der Waals surface area contributed by atoms with Gasteiger partial charge in [0.1, 0.15) is 17.4 Å². The van der Waals surface area contributed by atoms with Crippen LogP contribution >= 0.6 is 15.9 Å². The first-order valence-corrected chi connectivity index (χ1v) is 7.58. The number of benzene rings is 2. The molecule has 10 heteroatoms. The summed E-state index contributed by atoms with van der Waals surface area (Å²) in [5.41, 5.74) is 6.67. The summed E-state index contributed by atoms with van der Waals surface area (Å²) in [5, 5.41) is 30.6. The summed E-state index contributed by atoms with van der Waals surface area (Å²) in [6.45, 7) is 1.34. The van der Waals surface area contributed by atoms with E-state index in [9.17, 15) is 20.2 Å². The summed E-state index contributed by atoms with van der Waals surface area (Å²) in [6.07, 6.45) is 0. The van der Waals surface area contributed by atoms with Crippen LogP contribution in [-0.4, -0.2) is 10.8 Å². The van der Waals surface area contributed by atoms with Crippen LogP contribution in [0.1, 0.15) is 12.5 Å². The van der Waals surface area contributed by atoms with Gasteiger partial charge in [-0.15, -0.1) is 10.2 Å². The Bertz CT molecular complexity index is 936. The van der Waals surface area contributed by atoms with Crippen molar-refractivity contribution in [2.45, 2.75) is 6.92 Å². The first-order chi connectivity index (χ1) is 11.8. The summed E-state index contributed by atoms with van der Waals surface area (Å²) in [7, 11) is 0. The number of nitro benzene ring substituents is 1. The summed E-state index contributed by atoms with van der Waals surface area (Å²) in [4.78, 5) is 21.5. The highest BCUT2D eigenvalue weighted by molar-refractivity contribution is 9.10. The lowest BCUT2D eigenvalue weighted by atomic mass is 10.2. The lowest BCUT2D eigenvalue weighted by Gasteiger charge is -2.07. The number of amides is 1. The van der Waals surface area contributed by atoms with Gasteiger partial charge in [-0.25, -0.2) is 0 Å². The number of nitro groups is 1. The average molecular weight is 403 g/mol. The maximum absolute atomic E-state index is 11.3. The van der Waals surface area contributed by atoms with Gasteiger partial charge >= 0.3 is 0 Å². The fourth-order valence-electron chi connectivity index (χ4n) is 1.91. The quantitative estimate of drug-likeness (QED) is 0.340. The molecule has 25 heavy (non-hydrogen) atoms. The highest BCUT2D eigenvalue weighted by atomic mass is 79.9. The predicted molar refractivity (Wildman–Crippen MR) is 94.8 cm³/mol. The summed E-state index contributed by atoms with van der Waals surface area (Å²) in [5.74, 6) is -0.309. The minimum atomic E-state index is -0.610. The van der Waals surface area contributed by atoms with Gasteiger partial charge in [-0.05, 0) is 34.1 Å². The molecule has 0 spiro atoms. The molecule has 0 radical (unpaired) electrons. The maximum Gasteiger partial charge on any atom is 0.272 e. The van der Waals surface area contributed by atoms with Gasteiger partial charge in [0.2, 0.25) is 5.91 Å². The van der Waals surface area contributed by atoms with E-state index in [0.717, 1.165) is 6.07 Å². The molecule has 0 bridgehead atoms. The Morgan fingerprint density at radius 1 is 1.36 bits per heavy atom. The Balaban J connectivity index is 2.48. The standard InChI is InChI=1S/C15H11BrN6O3/c1-8(23)19-14-5-10(18)2-3-13(14)20-21-15-9(7-17)4-11(22(24)25)6-12(15)16/h2-6H,18H2,1H3,(H,19,23). The van der Waals surface area contributed by atoms with Crippen molar-refractivity contribution in [2.24, 2.45) is 10.2 Å². The number of nitrogens with two attached hydrogens (primary N) is 1. The number of non-ortho nitro benzene ring substituents is 1. The zero-order valence-electron chi connectivity index (χ0n) is 12.9. The molecule has 3 N–H and O–H groups in total. The molecule has 0 atom stereocenters. The Morgan fingerprint density at radius 3 is 2.68 bits per heavy atom. The van der Waals surface area contributed by atoms with Gasteiger partial charge in [0.05, 0.1) is 20.6 Å². The molecule has 1 amide bonds. The number of rotatable bonds is 4. The van der Waals surface area contributed by atoms with Crippen LogP contribution < -0.4 is 11.1 Å². The van der Waals surface area contributed by atoms with E-state index in [1.165, 1.54) is 19.1 Å². The van der Waals surface area contributed by atoms with E-state index in [1.807, 2.05) is 6.07 Å². The largest absolute Gasteiger partial charge is 0.399 e. The number of azo groups is 1. The van der Waals surface area contributed by atoms with Crippen molar-refractivity contribution in [1.82, 2.24) is 0 Å². The first-order valence-electron chi connectivity index (χ1n) is 6.78. The van der Waals surface area contributed by atoms with Crippen molar-refractivity contribution in [3.8, 4) is 6.07 Å². The SMILES string of the molecule is CC(=O)Nc1cc(N)ccc1N=Nc1c(Br)cc([N+](=O)[O-])cc1C#N. The maximum atomic E-state index is 11.3. The van der Waals surface area contributed by atoms with E-state index in [-0.39, 0.29) is 27.3 Å². The van der Waals surface area contributed by atoms with Gasteiger partial charge in [0, 0.05) is 24.7 Å². The molecule has 0 aliphatic rings. The Kier molecular flexibility index (Phi) is 5.41. The molecule has 0 saturated heterocycles. The molecule has 0 aliphatic carbocycles. The van der Waals surface area contributed by atoms with Crippen LogP contribution in [0.5, 0.6) is 0 Å². The van der Waals surface area contributed by atoms with E-state index in [2.05, 4.69) is 31.5 Å². The minimum absolute atomic E-state index is 0.0126. The number of carbonyl (C=O) groups is 1. The van der Waals surface area contributed by atoms with Gasteiger partial charge in [0.25, 0.3) is 5.69 Å². The molecule has 9 nitrogen and oxygen atoms in total. The molecule has 2 aromatic rings. The normalized spacial score (nSPS) is 10.4. The molecule has 0 heterocycles. The Labute approximate surface area is 150 Å². The lowest BCUT2D eigenvalue weighted by Crippen LogP contribution is -2.06. The summed E-state index contributed by atoms with van der Waals surface area (Å²) in [6, 6.07) is 8.83. The fraction of sp³-hybridized carbons (Fsp3) is 0.0667. The molecule has 2 aromatic carbocycles. The molecule has 126 valence electrons. The number of hydrogen-bond donors (Lipinski definition) is 2. The van der Waals surface area contributed by atoms with E-state index in [0.29, 0.717) is 17.1 Å². The van der Waals surface area contributed by atoms with Gasteiger partial charge in [-0.2, -0.15) is 5.26 Å². The van der Waals surface area contributed by atoms with Gasteiger partial charge in [0.15, 0.2) is 0 Å². The Morgan fingerprint density at radius 2 is 2.08 bits per heavy atom. The third-order valence-corrected chi connectivity index (χ3v) is 3.57. The van der Waals surface area contributed by atoms with Crippen LogP contribution in [0.15, 0.2) is 45.0 Å². The fourth-order valence-corrected chi connectivity index (χ4v) is 2.44. The number of nitrogens with zero attached hydrogens (tertiary/aromatic N) is 4. The average Bonchev–Trinajstić information content (AvgIpc) is 2.53. The third-order valence-electron chi connectivity index (χ3n) is 2.97. The van der Waals surface area contributed by atoms with Crippen molar-refractivity contribution in [1.29, 1.82) is 5.26 Å². The summed E-state index contributed by atoms with van der Waals surface area (Å²) >= 11 is 3.15. The molecule has 0 aromatic heterocycles. The number of hydrogen-bond acceptors (Lipinski definition) is 7. The second-order valence-corrected chi connectivity index (χ2v) is 5.70. The number of nitriles is 1. The smallest absolute Gasteiger partial charge is 0.272 e. The number of nitrogens with one attached hydrogen (secondary N) is 1. The van der Waals surface area contributed by atoms with Gasteiger partial charge in [-0.1, -0.05) is 0 Å². The number of halogens is 1. The molecule has 0 aliphatic heterocycles. The van der Waals surface area contributed by atoms with Crippen molar-refractivity contribution in [3.05, 3.63) is 50.5 Å². The zero-order valence-corrected chi connectivity index (χ0v) is 14.4. The van der Waals surface area contributed by atoms with Gasteiger partial charge < -0.3 is 11.1 Å². The minimum Gasteiger partial charge on any atom is -0.399 e. The Hall–Kier alpha value is -3.32. The highest BCUT2D eigenvalue weighted by Crippen LogP contribution is 2.36. The van der Waals surface area contributed by atoms with Crippen LogP contribution in [-0.2, 0) is 4.79 Å². The first kappa shape index (κ1) is 18.0. The second kappa shape index (κ2) is 7.50. The molecule has 0 unspecified atom stereocenters. The third kappa shape index (κ3) is 4.36. The van der Waals surface area contributed by atoms with Crippen LogP contribution in [0.25, 0.3) is 0 Å². The zero-order chi connectivity index (χ0) is 18.6. The molecular weight excluding hydrogens is 392 g/mol. The van der Waals surface area contributed by atoms with Crippen molar-refractivity contribution in [2.75, 3.05) is 11.1 Å². The van der Waals surface area contributed by atoms with Crippen LogP contribution in [0.3, 0.4) is 0 Å². The molecule has 0 fully saturated rings. The van der Waals surface area contributed by atoms with Crippen LogP contribution in [0.2, 0.25) is 0 Å². The van der Waals surface area contributed by atoms with Crippen molar-refractivity contribution < 1.29 is 9.72 Å². The van der Waals surface area contributed by atoms with Crippen LogP contribution in [0, 0.1) is 21.4 Å². The molecule has 2 rings (SSSR count). The number of nitrogen functional groups attached to an aromatic ring is 1. The monoisotopic (exact) mass is 402 g/mol. The number of carbonyl (C=O) groups excluding carboxylic acids is 1. The lowest BCUT2D eigenvalue weighted by molar-refractivity contribution is -0.384. The van der Waals surface area contributed by atoms with Crippen molar-refractivity contribution in [3.63, 3.8) is 0 Å². The highest BCUT2D eigenvalue weighted by Gasteiger charge is 2.15. The van der Waals surface area contributed by atoms with Crippen LogP contribution in [0.4, 0.5) is 28.4 Å². The second-order valence-electron chi connectivity index (χ2n) is 4.85. The van der Waals surface area contributed by atoms with E-state index >= 15 is 0 Å². The van der Waals surface area contributed by atoms with Gasteiger partial charge in [-0.3, -0.25) is 14.9 Å². The predicted octanol–water partition coefficient (Wildman–Crippen LogP) is 4.18. The van der Waals surface area contributed by atoms with Crippen molar-refractivity contribution >= 4 is 50.3 Å². The van der Waals surface area contributed by atoms with E-state index < -0.39 is 4.92 Å². The number of anilines is 2. The topological polar surface area (TPSA) is 147 Å². The molecule has 0 saturated carbocycles. The van der Waals surface area contributed by atoms with E-state index in [1.54, 1.807) is 12.1 Å². The summed E-state index contributed by atoms with van der Waals surface area (Å²) < 4.78 is 0.249.